The summed E-state index contributed by atoms with van der Waals surface area (Å²) in [6, 6.07) is 13.4. The van der Waals surface area contributed by atoms with Gasteiger partial charge in [0, 0.05) is 25.7 Å². The number of ether oxygens (including phenoxy) is 1. The molecule has 0 bridgehead atoms. The van der Waals surface area contributed by atoms with E-state index < -0.39 is 41.2 Å². The van der Waals surface area contributed by atoms with Gasteiger partial charge in [-0.05, 0) is 128 Å². The van der Waals surface area contributed by atoms with Gasteiger partial charge in [0.05, 0.1) is 18.9 Å². The van der Waals surface area contributed by atoms with Crippen molar-refractivity contribution in [2.45, 2.75) is 52.2 Å². The molecule has 4 atom stereocenters. The number of carbonyl (C=O) groups is 2. The number of carboxylic acids is 2. The average molecular weight is 670 g/mol. The molecule has 0 unspecified atom stereocenters. The van der Waals surface area contributed by atoms with E-state index in [-0.39, 0.29) is 44.3 Å². The Hall–Kier alpha value is -3.93. The first-order valence-electron chi connectivity index (χ1n) is 16.4. The van der Waals surface area contributed by atoms with Gasteiger partial charge >= 0.3 is 11.9 Å². The standard InChI is InChI=1S/C37H46F3N3O5/c1-23(4-6-41-2)34(36(44)45)16-24-8-26(12-30(38)10-24)20-43(22-28-14-32(40)18-33(15-28)48-3)21-27-9-25(11-31(39)13-27)17-35(37(46)47)29-5-7-42-19-29/h8-15,18,23,29,34-35,41-42H,4-7,16-17,19-22H2,1-3H3,(H,44,45)(H,46,47)/t23-,29+,34+,35+/m1/s1. The predicted octanol–water partition coefficient (Wildman–Crippen LogP) is 5.66. The van der Waals surface area contributed by atoms with Gasteiger partial charge in [0.2, 0.25) is 0 Å². The molecule has 3 aromatic carbocycles. The number of benzene rings is 3. The SMILES string of the molecule is CNCC[C@@H](C)[C@H](Cc1cc(F)cc(CN(Cc2cc(F)cc(C[C@H](C(=O)O)[C@H]3CCNC3)c2)Cc2cc(F)cc(OC)c2)c1)C(=O)O. The van der Waals surface area contributed by atoms with Gasteiger partial charge in [0.15, 0.2) is 0 Å². The highest BCUT2D eigenvalue weighted by atomic mass is 19.1. The fraction of sp³-hybridized carbons (Fsp3) is 0.459. The number of nitrogens with zero attached hydrogens (tertiary/aromatic N) is 1. The van der Waals surface area contributed by atoms with E-state index in [1.54, 1.807) is 25.2 Å². The third kappa shape index (κ3) is 10.8. The minimum absolute atomic E-state index is 0.0529. The smallest absolute Gasteiger partial charge is 0.307 e. The van der Waals surface area contributed by atoms with E-state index in [1.165, 1.54) is 43.5 Å². The van der Waals surface area contributed by atoms with Crippen molar-refractivity contribution >= 4 is 11.9 Å². The molecular weight excluding hydrogens is 623 g/mol. The van der Waals surface area contributed by atoms with Crippen molar-refractivity contribution < 1.29 is 37.7 Å². The van der Waals surface area contributed by atoms with Gasteiger partial charge in [-0.2, -0.15) is 0 Å². The molecule has 48 heavy (non-hydrogen) atoms. The van der Waals surface area contributed by atoms with E-state index in [0.717, 1.165) is 13.0 Å². The lowest BCUT2D eigenvalue weighted by Crippen LogP contribution is -2.27. The Morgan fingerprint density at radius 2 is 1.40 bits per heavy atom. The number of methoxy groups -OCH3 is 1. The molecule has 1 aliphatic heterocycles. The number of hydrogen-bond acceptors (Lipinski definition) is 6. The highest BCUT2D eigenvalue weighted by molar-refractivity contribution is 5.71. The maximum Gasteiger partial charge on any atom is 0.307 e. The molecular formula is C37H46F3N3O5. The van der Waals surface area contributed by atoms with Crippen LogP contribution in [-0.4, -0.2) is 60.8 Å². The highest BCUT2D eigenvalue weighted by Gasteiger charge is 2.31. The first-order valence-corrected chi connectivity index (χ1v) is 16.4. The van der Waals surface area contributed by atoms with Crippen molar-refractivity contribution in [2.24, 2.45) is 23.7 Å². The van der Waals surface area contributed by atoms with E-state index >= 15 is 8.78 Å². The van der Waals surface area contributed by atoms with Crippen LogP contribution in [0.1, 0.15) is 47.6 Å². The van der Waals surface area contributed by atoms with Crippen LogP contribution in [0.25, 0.3) is 0 Å². The fourth-order valence-corrected chi connectivity index (χ4v) is 6.71. The Labute approximate surface area is 280 Å². The van der Waals surface area contributed by atoms with Crippen LogP contribution < -0.4 is 15.4 Å². The molecule has 8 nitrogen and oxygen atoms in total. The Bertz CT molecular complexity index is 1550. The first-order chi connectivity index (χ1) is 22.9. The molecule has 3 aromatic rings. The summed E-state index contributed by atoms with van der Waals surface area (Å²) >= 11 is 0. The average Bonchev–Trinajstić information content (AvgIpc) is 3.55. The van der Waals surface area contributed by atoms with Crippen molar-refractivity contribution in [3.8, 4) is 5.75 Å². The quantitative estimate of drug-likeness (QED) is 0.138. The second-order valence-electron chi connectivity index (χ2n) is 13.0. The number of nitrogens with one attached hydrogen (secondary N) is 2. The summed E-state index contributed by atoms with van der Waals surface area (Å²) in [5.74, 6) is -4.58. The second kappa shape index (κ2) is 17.5. The van der Waals surface area contributed by atoms with Crippen LogP contribution in [0.4, 0.5) is 13.2 Å². The summed E-state index contributed by atoms with van der Waals surface area (Å²) < 4.78 is 49.7. The molecule has 0 amide bonds. The van der Waals surface area contributed by atoms with Gasteiger partial charge in [-0.1, -0.05) is 19.1 Å². The lowest BCUT2D eigenvalue weighted by Gasteiger charge is -2.25. The Kier molecular flexibility index (Phi) is 13.4. The molecule has 260 valence electrons. The zero-order valence-electron chi connectivity index (χ0n) is 27.8. The number of rotatable bonds is 18. The first kappa shape index (κ1) is 36.9. The lowest BCUT2D eigenvalue weighted by atomic mass is 9.85. The third-order valence-corrected chi connectivity index (χ3v) is 9.17. The van der Waals surface area contributed by atoms with Crippen LogP contribution in [0, 0.1) is 41.1 Å². The van der Waals surface area contributed by atoms with Gasteiger partial charge in [-0.3, -0.25) is 14.5 Å². The van der Waals surface area contributed by atoms with Crippen molar-refractivity contribution in [1.29, 1.82) is 0 Å². The number of carboxylic acid groups (broad SMARTS) is 2. The molecule has 11 heteroatoms. The van der Waals surface area contributed by atoms with Gasteiger partial charge in [-0.25, -0.2) is 13.2 Å². The topological polar surface area (TPSA) is 111 Å². The molecule has 0 saturated carbocycles. The van der Waals surface area contributed by atoms with E-state index in [4.69, 9.17) is 4.74 Å². The van der Waals surface area contributed by atoms with Gasteiger partial charge in [-0.15, -0.1) is 0 Å². The van der Waals surface area contributed by atoms with Crippen LogP contribution in [0.2, 0.25) is 0 Å². The van der Waals surface area contributed by atoms with Crippen LogP contribution in [0.15, 0.2) is 54.6 Å². The largest absolute Gasteiger partial charge is 0.497 e. The molecule has 4 rings (SSSR count). The molecule has 0 spiro atoms. The van der Waals surface area contributed by atoms with Crippen molar-refractivity contribution in [3.63, 3.8) is 0 Å². The molecule has 1 aliphatic rings. The Morgan fingerprint density at radius 1 is 0.854 bits per heavy atom. The summed E-state index contributed by atoms with van der Waals surface area (Å²) in [7, 11) is 3.24. The molecule has 0 aliphatic carbocycles. The maximum atomic E-state index is 15.0. The molecule has 1 fully saturated rings. The molecule has 4 N–H and O–H groups in total. The summed E-state index contributed by atoms with van der Waals surface area (Å²) in [5, 5.41) is 26.1. The van der Waals surface area contributed by atoms with E-state index in [2.05, 4.69) is 10.6 Å². The zero-order valence-corrected chi connectivity index (χ0v) is 27.8. The zero-order chi connectivity index (χ0) is 34.8. The molecule has 0 aromatic heterocycles. The lowest BCUT2D eigenvalue weighted by molar-refractivity contribution is -0.144. The van der Waals surface area contributed by atoms with E-state index in [0.29, 0.717) is 53.1 Å². The van der Waals surface area contributed by atoms with E-state index in [9.17, 15) is 24.2 Å². The number of aliphatic carboxylic acids is 2. The molecule has 1 heterocycles. The van der Waals surface area contributed by atoms with Gasteiger partial charge in [0.25, 0.3) is 0 Å². The predicted molar refractivity (Wildman–Crippen MR) is 177 cm³/mol. The van der Waals surface area contributed by atoms with Crippen molar-refractivity contribution in [3.05, 3.63) is 99.9 Å². The van der Waals surface area contributed by atoms with Gasteiger partial charge in [0.1, 0.15) is 23.2 Å². The summed E-state index contributed by atoms with van der Waals surface area (Å²) in [5.41, 5.74) is 2.87. The van der Waals surface area contributed by atoms with E-state index in [1.807, 2.05) is 11.8 Å². The minimum atomic E-state index is -0.942. The monoisotopic (exact) mass is 669 g/mol. The molecule has 0 radical (unpaired) electrons. The Morgan fingerprint density at radius 3 is 1.90 bits per heavy atom. The highest BCUT2D eigenvalue weighted by Crippen LogP contribution is 2.27. The van der Waals surface area contributed by atoms with Crippen LogP contribution in [0.5, 0.6) is 5.75 Å². The third-order valence-electron chi connectivity index (χ3n) is 9.17. The minimum Gasteiger partial charge on any atom is -0.497 e. The summed E-state index contributed by atoms with van der Waals surface area (Å²) in [6.45, 7) is 4.47. The molecule has 1 saturated heterocycles. The second-order valence-corrected chi connectivity index (χ2v) is 13.0. The van der Waals surface area contributed by atoms with Crippen molar-refractivity contribution in [1.82, 2.24) is 15.5 Å². The number of hydrogen-bond donors (Lipinski definition) is 4. The normalized spacial score (nSPS) is 16.5. The van der Waals surface area contributed by atoms with Crippen LogP contribution in [-0.2, 0) is 42.1 Å². The van der Waals surface area contributed by atoms with Crippen LogP contribution >= 0.6 is 0 Å². The van der Waals surface area contributed by atoms with Crippen molar-refractivity contribution in [2.75, 3.05) is 33.8 Å². The maximum absolute atomic E-state index is 15.0. The van der Waals surface area contributed by atoms with Crippen LogP contribution in [0.3, 0.4) is 0 Å². The summed E-state index contributed by atoms with van der Waals surface area (Å²) in [4.78, 5) is 26.2. The Balaban J connectivity index is 1.63. The summed E-state index contributed by atoms with van der Waals surface area (Å²) in [6.07, 6.45) is 1.72. The van der Waals surface area contributed by atoms with Gasteiger partial charge < -0.3 is 25.6 Å². The fourth-order valence-electron chi connectivity index (χ4n) is 6.71. The number of halogens is 3.